The number of halogens is 1. The van der Waals surface area contributed by atoms with Crippen molar-refractivity contribution < 1.29 is 48.1 Å². The summed E-state index contributed by atoms with van der Waals surface area (Å²) in [5, 5.41) is 9.16. The first-order valence-corrected chi connectivity index (χ1v) is 9.09. The molecule has 2 aliphatic rings. The van der Waals surface area contributed by atoms with E-state index in [1.807, 2.05) is 35.2 Å². The Morgan fingerprint density at radius 1 is 1.32 bits per heavy atom. The van der Waals surface area contributed by atoms with E-state index in [9.17, 15) is 14.7 Å². The number of aliphatic carboxylic acids is 1. The largest absolute Gasteiger partial charge is 0.477 e. The van der Waals surface area contributed by atoms with Gasteiger partial charge in [-0.05, 0) is 0 Å². The molecule has 1 saturated heterocycles. The third-order valence-corrected chi connectivity index (χ3v) is 4.80. The van der Waals surface area contributed by atoms with Crippen molar-refractivity contribution in [2.75, 3.05) is 5.75 Å². The smallest absolute Gasteiger partial charge is 0.352 e. The Morgan fingerprint density at radius 2 is 1.88 bits per heavy atom. The van der Waals surface area contributed by atoms with E-state index in [0.717, 1.165) is 5.57 Å². The van der Waals surface area contributed by atoms with Gasteiger partial charge in [-0.15, -0.1) is 22.0 Å². The fourth-order valence-corrected chi connectivity index (χ4v) is 3.74. The quantitative estimate of drug-likeness (QED) is 0.376. The summed E-state index contributed by atoms with van der Waals surface area (Å²) in [6, 6.07) is 5.07. The molecule has 0 radical (unpaired) electrons. The van der Waals surface area contributed by atoms with Gasteiger partial charge in [0.15, 0.2) is 18.9 Å². The van der Waals surface area contributed by atoms with Gasteiger partial charge in [0.2, 0.25) is 5.91 Å². The molecule has 2 atom stereocenters. The first kappa shape index (κ1) is 19.6. The number of carbonyl (C=O) groups excluding carboxylic acids is 1. The van der Waals surface area contributed by atoms with Crippen LogP contribution in [-0.2, 0) is 16.1 Å². The molecule has 1 fully saturated rings. The van der Waals surface area contributed by atoms with E-state index in [2.05, 4.69) is 0 Å². The number of carboxylic acids is 1. The van der Waals surface area contributed by atoms with Crippen molar-refractivity contribution in [3.63, 3.8) is 0 Å². The zero-order valence-corrected chi connectivity index (χ0v) is 14.2. The van der Waals surface area contributed by atoms with Gasteiger partial charge in [0, 0.05) is 23.5 Å². The van der Waals surface area contributed by atoms with E-state index in [-0.39, 0.29) is 17.0 Å². The highest BCUT2D eigenvalue weighted by molar-refractivity contribution is 8.00. The third kappa shape index (κ3) is 4.89. The summed E-state index contributed by atoms with van der Waals surface area (Å²) in [6.07, 6.45) is 3.74. The topological polar surface area (TPSA) is 180 Å². The lowest BCUT2D eigenvalue weighted by Gasteiger charge is -2.47. The average molecular weight is 392 g/mol. The molecule has 1 amide bonds. The van der Waals surface area contributed by atoms with Crippen LogP contribution < -0.4 is 28.9 Å². The van der Waals surface area contributed by atoms with Crippen LogP contribution in [0.3, 0.4) is 0 Å². The average Bonchev–Trinajstić information content (AvgIpc) is 2.53. The fourth-order valence-electron chi connectivity index (χ4n) is 2.46. The number of thioether (sulfide) groups is 1. The monoisotopic (exact) mass is 391 g/mol. The molecular formula is C13H14ClN3O7S. The number of carbonyl (C=O) groups is 2. The maximum atomic E-state index is 11.8. The minimum Gasteiger partial charge on any atom is -0.477 e. The number of nitrogens with zero attached hydrogens (tertiary/aromatic N) is 2. The summed E-state index contributed by atoms with van der Waals surface area (Å²) in [7, 11) is -4.94. The molecule has 0 bridgehead atoms. The van der Waals surface area contributed by atoms with Crippen LogP contribution in [0.2, 0.25) is 0 Å². The normalized spacial score (nSPS) is 22.6. The summed E-state index contributed by atoms with van der Waals surface area (Å²) >= 11 is 1.52. The summed E-state index contributed by atoms with van der Waals surface area (Å²) in [5.74, 6) is -0.802. The van der Waals surface area contributed by atoms with E-state index in [1.54, 1.807) is 0 Å². The van der Waals surface area contributed by atoms with Crippen LogP contribution >= 0.6 is 11.8 Å². The third-order valence-electron chi connectivity index (χ3n) is 3.44. The highest BCUT2D eigenvalue weighted by atomic mass is 35.7. The van der Waals surface area contributed by atoms with Crippen LogP contribution in [0.25, 0.3) is 0 Å². The highest BCUT2D eigenvalue weighted by Gasteiger charge is 2.52. The molecule has 12 heteroatoms. The summed E-state index contributed by atoms with van der Waals surface area (Å²) < 4.78 is 35.9. The number of hydrogen-bond donors (Lipinski definition) is 2. The lowest BCUT2D eigenvalue weighted by atomic mass is 10.0. The van der Waals surface area contributed by atoms with Crippen molar-refractivity contribution in [2.45, 2.75) is 18.0 Å². The van der Waals surface area contributed by atoms with Gasteiger partial charge in [0.25, 0.3) is 0 Å². The zero-order valence-electron chi connectivity index (χ0n) is 12.6. The first-order valence-electron chi connectivity index (χ1n) is 6.81. The highest BCUT2D eigenvalue weighted by Crippen LogP contribution is 2.39. The fraction of sp³-hybridized carbons (Fsp3) is 0.308. The molecule has 1 aromatic heterocycles. The second-order valence-electron chi connectivity index (χ2n) is 5.12. The van der Waals surface area contributed by atoms with E-state index >= 15 is 0 Å². The van der Waals surface area contributed by atoms with Gasteiger partial charge < -0.3 is 10.8 Å². The van der Waals surface area contributed by atoms with Crippen molar-refractivity contribution in [3.05, 3.63) is 41.9 Å². The Labute approximate surface area is 148 Å². The minimum atomic E-state index is -4.94. The van der Waals surface area contributed by atoms with Crippen LogP contribution in [0.1, 0.15) is 0 Å². The predicted octanol–water partition coefficient (Wildman–Crippen LogP) is -5.20. The second-order valence-corrected chi connectivity index (χ2v) is 6.98. The molecule has 0 aromatic carbocycles. The van der Waals surface area contributed by atoms with Gasteiger partial charge in [-0.25, -0.2) is 28.0 Å². The zero-order chi connectivity index (χ0) is 18.8. The van der Waals surface area contributed by atoms with Crippen molar-refractivity contribution >= 4 is 23.6 Å². The number of pyridine rings is 1. The van der Waals surface area contributed by atoms with Gasteiger partial charge >= 0.3 is 5.97 Å². The number of carboxylic acid groups (broad SMARTS) is 1. The van der Waals surface area contributed by atoms with E-state index < -0.39 is 22.3 Å². The van der Waals surface area contributed by atoms with Gasteiger partial charge in [-0.3, -0.25) is 9.69 Å². The molecule has 25 heavy (non-hydrogen) atoms. The molecule has 3 N–H and O–H groups in total. The van der Waals surface area contributed by atoms with Gasteiger partial charge in [-0.2, -0.15) is 0 Å². The number of rotatable bonds is 3. The summed E-state index contributed by atoms with van der Waals surface area (Å²) in [5.41, 5.74) is 6.53. The number of aromatic nitrogens is 1. The number of hydrogen-bond acceptors (Lipinski definition) is 8. The Kier molecular flexibility index (Phi) is 6.00. The number of amides is 1. The molecule has 10 nitrogen and oxygen atoms in total. The van der Waals surface area contributed by atoms with Crippen LogP contribution in [0.4, 0.5) is 0 Å². The van der Waals surface area contributed by atoms with Crippen LogP contribution in [0.15, 0.2) is 41.9 Å². The van der Waals surface area contributed by atoms with Crippen LogP contribution in [0, 0.1) is 10.2 Å². The minimum absolute atomic E-state index is 0.0943. The van der Waals surface area contributed by atoms with Gasteiger partial charge in [-0.1, -0.05) is 6.07 Å². The Balaban J connectivity index is 0.000000399. The van der Waals surface area contributed by atoms with Crippen molar-refractivity contribution in [3.8, 4) is 0 Å². The lowest BCUT2D eigenvalue weighted by Crippen LogP contribution is -2.68. The molecular weight excluding hydrogens is 378 g/mol. The predicted molar refractivity (Wildman–Crippen MR) is 72.4 cm³/mol. The van der Waals surface area contributed by atoms with Crippen LogP contribution in [0.5, 0.6) is 0 Å². The molecule has 1 unspecified atom stereocenters. The van der Waals surface area contributed by atoms with Crippen molar-refractivity contribution in [2.24, 2.45) is 5.73 Å². The van der Waals surface area contributed by atoms with E-state index in [0.29, 0.717) is 12.3 Å². The SMILES string of the molecule is NC1C(=O)N2C(C(=O)O)=C(C[n+]3ccccc3)CS[C@@H]12.[O-][Cl+3]([O-])([O-])[O-]. The number of β-lactam (4-membered cyclic amide) rings is 1. The lowest BCUT2D eigenvalue weighted by molar-refractivity contribution is -2.00. The summed E-state index contributed by atoms with van der Waals surface area (Å²) in [6.45, 7) is 0.460. The Bertz CT molecular complexity index is 689. The Morgan fingerprint density at radius 3 is 2.40 bits per heavy atom. The maximum absolute atomic E-state index is 11.8. The van der Waals surface area contributed by atoms with Crippen molar-refractivity contribution in [1.29, 1.82) is 0 Å². The van der Waals surface area contributed by atoms with Gasteiger partial charge in [0.05, 0.1) is 0 Å². The van der Waals surface area contributed by atoms with Crippen molar-refractivity contribution in [1.82, 2.24) is 4.90 Å². The molecule has 136 valence electrons. The molecule has 3 rings (SSSR count). The number of fused-ring (bicyclic) bond motifs is 1. The molecule has 0 spiro atoms. The van der Waals surface area contributed by atoms with Gasteiger partial charge in [0.1, 0.15) is 17.1 Å². The molecule has 0 aliphatic carbocycles. The molecule has 2 aliphatic heterocycles. The van der Waals surface area contributed by atoms with E-state index in [4.69, 9.17) is 24.4 Å². The summed E-state index contributed by atoms with van der Waals surface area (Å²) in [4.78, 5) is 24.6. The number of nitrogens with two attached hydrogens (primary N) is 1. The standard InChI is InChI=1S/C13H13N3O3S.ClHO4/c14-9-11(17)16-10(13(18)19)8(7-20-12(9)16)6-15-4-2-1-3-5-15;2-1(3,4)5/h1-5,9,12H,6-7,14H2;(H,2,3,4,5)/t9?,12-;/m0./s1. The second kappa shape index (κ2) is 7.66. The first-order chi connectivity index (χ1) is 11.6. The van der Waals surface area contributed by atoms with E-state index in [1.165, 1.54) is 16.7 Å². The molecule has 1 aromatic rings. The Hall–Kier alpha value is -1.73. The molecule has 3 heterocycles. The van der Waals surface area contributed by atoms with Crippen LogP contribution in [-0.4, -0.2) is 39.1 Å². The molecule has 0 saturated carbocycles. The maximum Gasteiger partial charge on any atom is 0.352 e.